The van der Waals surface area contributed by atoms with Gasteiger partial charge in [-0.2, -0.15) is 0 Å². The Kier molecular flexibility index (Phi) is 11.8. The van der Waals surface area contributed by atoms with E-state index in [-0.39, 0.29) is 24.7 Å². The van der Waals surface area contributed by atoms with Crippen molar-refractivity contribution in [2.75, 3.05) is 52.5 Å². The van der Waals surface area contributed by atoms with Crippen LogP contribution < -0.4 is 10.6 Å². The largest absolute Gasteiger partial charge is 0.448 e. The monoisotopic (exact) mass is 629 g/mol. The molecule has 0 unspecified atom stereocenters. The van der Waals surface area contributed by atoms with Crippen molar-refractivity contribution in [3.8, 4) is 0 Å². The molecule has 0 aromatic carbocycles. The van der Waals surface area contributed by atoms with Crippen LogP contribution >= 0.6 is 0 Å². The molecule has 45 heavy (non-hydrogen) atoms. The van der Waals surface area contributed by atoms with Crippen LogP contribution in [0.5, 0.6) is 0 Å². The van der Waals surface area contributed by atoms with Crippen molar-refractivity contribution in [3.63, 3.8) is 0 Å². The van der Waals surface area contributed by atoms with Gasteiger partial charge in [0.05, 0.1) is 19.8 Å². The standard InChI is InChI=1S/C37H63N3O5/c1-26(2)7-6-8-27(3)31-11-12-32-30-10-9-28-25-29(13-15-36(28,4)33(30)14-16-37(31,32)5)45-35(42)39-18-22-44-34(41)38-17-19-40-20-23-43-24-21-40/h9,26-27,29-33H,6-8,10-25H2,1-5H3,(H,38,41)(H,39,42)/t27-,29+,30+,31-,32+,33+,36+,37-/m1/s1. The van der Waals surface area contributed by atoms with Gasteiger partial charge in [-0.15, -0.1) is 0 Å². The lowest BCUT2D eigenvalue weighted by atomic mass is 9.47. The van der Waals surface area contributed by atoms with Gasteiger partial charge in [0, 0.05) is 32.6 Å². The molecule has 1 aliphatic heterocycles. The molecule has 8 heteroatoms. The smallest absolute Gasteiger partial charge is 0.407 e. The molecule has 4 fully saturated rings. The van der Waals surface area contributed by atoms with Gasteiger partial charge in [-0.05, 0) is 91.3 Å². The number of nitrogens with one attached hydrogen (secondary N) is 2. The van der Waals surface area contributed by atoms with E-state index in [4.69, 9.17) is 14.2 Å². The molecule has 4 aliphatic carbocycles. The molecule has 0 spiro atoms. The third-order valence-electron chi connectivity index (χ3n) is 12.9. The van der Waals surface area contributed by atoms with E-state index in [2.05, 4.69) is 56.2 Å². The third kappa shape index (κ3) is 8.20. The summed E-state index contributed by atoms with van der Waals surface area (Å²) in [5.74, 6) is 4.97. The molecule has 3 saturated carbocycles. The number of amides is 2. The number of rotatable bonds is 12. The topological polar surface area (TPSA) is 89.1 Å². The first-order valence-corrected chi connectivity index (χ1v) is 18.4. The van der Waals surface area contributed by atoms with E-state index >= 15 is 0 Å². The minimum absolute atomic E-state index is 0.0818. The quantitative estimate of drug-likeness (QED) is 0.176. The van der Waals surface area contributed by atoms with Crippen molar-refractivity contribution in [1.82, 2.24) is 15.5 Å². The molecule has 5 aliphatic rings. The van der Waals surface area contributed by atoms with E-state index in [1.54, 1.807) is 0 Å². The minimum Gasteiger partial charge on any atom is -0.448 e. The zero-order chi connectivity index (χ0) is 32.0. The first-order chi connectivity index (χ1) is 21.6. The van der Waals surface area contributed by atoms with Crippen LogP contribution in [0.4, 0.5) is 9.59 Å². The molecule has 8 nitrogen and oxygen atoms in total. The van der Waals surface area contributed by atoms with E-state index in [0.29, 0.717) is 12.0 Å². The van der Waals surface area contributed by atoms with Crippen LogP contribution in [0, 0.1) is 46.3 Å². The Morgan fingerprint density at radius 3 is 2.53 bits per heavy atom. The number of carbonyl (C=O) groups is 2. The number of hydrogen-bond acceptors (Lipinski definition) is 6. The molecule has 1 heterocycles. The Balaban J connectivity index is 1.04. The summed E-state index contributed by atoms with van der Waals surface area (Å²) in [4.78, 5) is 26.8. The first kappa shape index (κ1) is 34.5. The summed E-state index contributed by atoms with van der Waals surface area (Å²) in [6.07, 6.45) is 15.4. The zero-order valence-corrected chi connectivity index (χ0v) is 29.0. The Morgan fingerprint density at radius 1 is 0.978 bits per heavy atom. The number of fused-ring (bicyclic) bond motifs is 5. The van der Waals surface area contributed by atoms with Crippen molar-refractivity contribution in [1.29, 1.82) is 0 Å². The van der Waals surface area contributed by atoms with Crippen LogP contribution in [0.15, 0.2) is 11.6 Å². The average Bonchev–Trinajstić information content (AvgIpc) is 3.37. The summed E-state index contributed by atoms with van der Waals surface area (Å²) in [5.41, 5.74) is 2.28. The normalized spacial score (nSPS) is 35.4. The number of morpholine rings is 1. The molecule has 2 amide bonds. The van der Waals surface area contributed by atoms with Crippen LogP contribution in [0.1, 0.15) is 105 Å². The van der Waals surface area contributed by atoms with Crippen LogP contribution in [0.2, 0.25) is 0 Å². The van der Waals surface area contributed by atoms with Crippen molar-refractivity contribution in [3.05, 3.63) is 11.6 Å². The number of ether oxygens (including phenoxy) is 3. The fourth-order valence-electron chi connectivity index (χ4n) is 10.4. The molecule has 1 saturated heterocycles. The number of carbonyl (C=O) groups excluding carboxylic acids is 2. The van der Waals surface area contributed by atoms with Gasteiger partial charge in [-0.25, -0.2) is 9.59 Å². The second-order valence-corrected chi connectivity index (χ2v) is 16.0. The lowest BCUT2D eigenvalue weighted by molar-refractivity contribution is -0.0581. The van der Waals surface area contributed by atoms with Crippen molar-refractivity contribution in [2.45, 2.75) is 111 Å². The highest BCUT2D eigenvalue weighted by Gasteiger charge is 2.59. The van der Waals surface area contributed by atoms with E-state index < -0.39 is 12.2 Å². The molecule has 8 atom stereocenters. The third-order valence-corrected chi connectivity index (χ3v) is 12.9. The van der Waals surface area contributed by atoms with Crippen LogP contribution in [-0.4, -0.2) is 75.7 Å². The molecule has 0 bridgehead atoms. The summed E-state index contributed by atoms with van der Waals surface area (Å²) < 4.78 is 16.4. The fourth-order valence-corrected chi connectivity index (χ4v) is 10.4. The molecule has 0 radical (unpaired) electrons. The number of hydrogen-bond donors (Lipinski definition) is 2. The lowest BCUT2D eigenvalue weighted by Crippen LogP contribution is -2.51. The predicted molar refractivity (Wildman–Crippen MR) is 178 cm³/mol. The summed E-state index contributed by atoms with van der Waals surface area (Å²) >= 11 is 0. The van der Waals surface area contributed by atoms with E-state index in [9.17, 15) is 9.59 Å². The average molecular weight is 630 g/mol. The maximum Gasteiger partial charge on any atom is 0.407 e. The van der Waals surface area contributed by atoms with Crippen LogP contribution in [0.3, 0.4) is 0 Å². The van der Waals surface area contributed by atoms with Gasteiger partial charge in [0.2, 0.25) is 0 Å². The highest BCUT2D eigenvalue weighted by atomic mass is 16.6. The minimum atomic E-state index is -0.458. The fraction of sp³-hybridized carbons (Fsp3) is 0.892. The van der Waals surface area contributed by atoms with Gasteiger partial charge in [-0.3, -0.25) is 4.90 Å². The predicted octanol–water partition coefficient (Wildman–Crippen LogP) is 7.18. The zero-order valence-electron chi connectivity index (χ0n) is 29.0. The SMILES string of the molecule is CC(C)CCC[C@@H](C)[C@H]1CC[C@H]2[C@@H]3CC=C4C[C@@H](OC(=O)NCCOC(=O)NCCN5CCOCC5)CC[C@]4(C)[C@H]3CC[C@]12C. The van der Waals surface area contributed by atoms with Gasteiger partial charge in [0.1, 0.15) is 12.7 Å². The first-order valence-electron chi connectivity index (χ1n) is 18.4. The van der Waals surface area contributed by atoms with Crippen LogP contribution in [0.25, 0.3) is 0 Å². The van der Waals surface area contributed by atoms with E-state index in [0.717, 1.165) is 87.6 Å². The Hall–Kier alpha value is -1.80. The maximum absolute atomic E-state index is 12.6. The van der Waals surface area contributed by atoms with E-state index in [1.807, 2.05) is 0 Å². The maximum atomic E-state index is 12.6. The second kappa shape index (κ2) is 15.4. The Bertz CT molecular complexity index is 1030. The number of alkyl carbamates (subject to hydrolysis) is 2. The molecule has 256 valence electrons. The summed E-state index contributed by atoms with van der Waals surface area (Å²) in [7, 11) is 0. The molecule has 0 aromatic rings. The second-order valence-electron chi connectivity index (χ2n) is 16.0. The Morgan fingerprint density at radius 2 is 1.76 bits per heavy atom. The highest BCUT2D eigenvalue weighted by molar-refractivity contribution is 5.68. The molecule has 0 aromatic heterocycles. The van der Waals surface area contributed by atoms with Gasteiger partial charge in [0.25, 0.3) is 0 Å². The molecular formula is C37H63N3O5. The van der Waals surface area contributed by atoms with Crippen molar-refractivity contribution < 1.29 is 23.8 Å². The van der Waals surface area contributed by atoms with Crippen LogP contribution in [-0.2, 0) is 14.2 Å². The summed E-state index contributed by atoms with van der Waals surface area (Å²) in [5, 5.41) is 5.54. The Labute approximate surface area is 273 Å². The lowest BCUT2D eigenvalue weighted by Gasteiger charge is -2.58. The molecular weight excluding hydrogens is 566 g/mol. The summed E-state index contributed by atoms with van der Waals surface area (Å²) in [6, 6.07) is 0. The number of nitrogens with zero attached hydrogens (tertiary/aromatic N) is 1. The number of allylic oxidation sites excluding steroid dienone is 1. The molecule has 5 rings (SSSR count). The van der Waals surface area contributed by atoms with Crippen molar-refractivity contribution in [2.24, 2.45) is 46.3 Å². The van der Waals surface area contributed by atoms with Crippen molar-refractivity contribution >= 4 is 12.2 Å². The molecule has 2 N–H and O–H groups in total. The van der Waals surface area contributed by atoms with Gasteiger partial charge >= 0.3 is 12.2 Å². The van der Waals surface area contributed by atoms with Gasteiger partial charge in [0.15, 0.2) is 0 Å². The summed E-state index contributed by atoms with van der Waals surface area (Å²) in [6.45, 7) is 17.4. The van der Waals surface area contributed by atoms with Gasteiger partial charge in [-0.1, -0.05) is 65.5 Å². The van der Waals surface area contributed by atoms with E-state index in [1.165, 1.54) is 56.9 Å². The highest BCUT2D eigenvalue weighted by Crippen LogP contribution is 2.67. The van der Waals surface area contributed by atoms with Gasteiger partial charge < -0.3 is 24.8 Å².